The zero-order valence-corrected chi connectivity index (χ0v) is 14.0. The molecule has 1 aromatic rings. The molecule has 3 rings (SSSR count). The van der Waals surface area contributed by atoms with E-state index < -0.39 is 11.9 Å². The quantitative estimate of drug-likeness (QED) is 0.894. The maximum absolute atomic E-state index is 12.6. The van der Waals surface area contributed by atoms with Gasteiger partial charge < -0.3 is 15.3 Å². The van der Waals surface area contributed by atoms with Crippen molar-refractivity contribution in [2.75, 3.05) is 13.1 Å². The minimum atomic E-state index is -0.799. The van der Waals surface area contributed by atoms with Crippen molar-refractivity contribution in [3.63, 3.8) is 0 Å². The Morgan fingerprint density at radius 3 is 2.54 bits per heavy atom. The van der Waals surface area contributed by atoms with Gasteiger partial charge in [0, 0.05) is 25.0 Å². The number of rotatable bonds is 3. The first-order valence-corrected chi connectivity index (χ1v) is 8.98. The van der Waals surface area contributed by atoms with Gasteiger partial charge in [0.25, 0.3) is 0 Å². The van der Waals surface area contributed by atoms with Crippen molar-refractivity contribution >= 4 is 12.0 Å². The fraction of sp³-hybridized carbons (Fsp3) is 0.579. The summed E-state index contributed by atoms with van der Waals surface area (Å²) in [5.74, 6) is -0.878. The van der Waals surface area contributed by atoms with Gasteiger partial charge in [-0.3, -0.25) is 4.79 Å². The molecule has 1 saturated carbocycles. The van der Waals surface area contributed by atoms with E-state index in [0.29, 0.717) is 25.4 Å². The zero-order valence-electron chi connectivity index (χ0n) is 14.0. The summed E-state index contributed by atoms with van der Waals surface area (Å²) in [6.07, 6.45) is 5.82. The highest BCUT2D eigenvalue weighted by atomic mass is 16.4. The summed E-state index contributed by atoms with van der Waals surface area (Å²) in [6.45, 7) is 0.974. The van der Waals surface area contributed by atoms with Crippen LogP contribution in [-0.4, -0.2) is 41.1 Å². The van der Waals surface area contributed by atoms with E-state index in [2.05, 4.69) is 17.4 Å². The summed E-state index contributed by atoms with van der Waals surface area (Å²) in [5, 5.41) is 12.4. The largest absolute Gasteiger partial charge is 0.481 e. The van der Waals surface area contributed by atoms with Gasteiger partial charge in [-0.25, -0.2) is 4.79 Å². The van der Waals surface area contributed by atoms with E-state index in [4.69, 9.17) is 0 Å². The van der Waals surface area contributed by atoms with Crippen LogP contribution in [0.2, 0.25) is 0 Å². The second-order valence-corrected chi connectivity index (χ2v) is 6.98. The number of carboxylic acids is 1. The fourth-order valence-electron chi connectivity index (χ4n) is 4.02. The molecule has 1 aromatic carbocycles. The van der Waals surface area contributed by atoms with E-state index in [0.717, 1.165) is 25.7 Å². The minimum absolute atomic E-state index is 0.103. The molecular weight excluding hydrogens is 304 g/mol. The maximum Gasteiger partial charge on any atom is 0.317 e. The molecule has 1 aliphatic heterocycles. The number of nitrogens with one attached hydrogen (secondary N) is 1. The molecule has 1 aliphatic carbocycles. The Balaban J connectivity index is 1.64. The number of nitrogens with zero attached hydrogens (tertiary/aromatic N) is 1. The molecule has 5 nitrogen and oxygen atoms in total. The van der Waals surface area contributed by atoms with E-state index in [-0.39, 0.29) is 12.1 Å². The Labute approximate surface area is 143 Å². The highest BCUT2D eigenvalue weighted by Crippen LogP contribution is 2.33. The van der Waals surface area contributed by atoms with Crippen molar-refractivity contribution in [2.24, 2.45) is 5.92 Å². The number of hydrogen-bond donors (Lipinski definition) is 2. The molecule has 2 N–H and O–H groups in total. The molecule has 2 aliphatic rings. The summed E-state index contributed by atoms with van der Waals surface area (Å²) in [5.41, 5.74) is 1.28. The molecular formula is C19H26N2O3. The van der Waals surface area contributed by atoms with Gasteiger partial charge in [0.2, 0.25) is 0 Å². The number of amides is 2. The Bertz CT molecular complexity index is 575. The zero-order chi connectivity index (χ0) is 16.9. The monoisotopic (exact) mass is 330 g/mol. The molecule has 3 unspecified atom stereocenters. The van der Waals surface area contributed by atoms with Gasteiger partial charge in [-0.15, -0.1) is 0 Å². The third-order valence-corrected chi connectivity index (χ3v) is 5.36. The van der Waals surface area contributed by atoms with Gasteiger partial charge in [0.1, 0.15) is 0 Å². The van der Waals surface area contributed by atoms with Crippen LogP contribution in [0, 0.1) is 5.92 Å². The molecule has 2 fully saturated rings. The molecule has 5 heteroatoms. The molecule has 2 amide bonds. The van der Waals surface area contributed by atoms with Crippen molar-refractivity contribution in [3.8, 4) is 0 Å². The van der Waals surface area contributed by atoms with Crippen molar-refractivity contribution in [1.82, 2.24) is 10.2 Å². The Morgan fingerprint density at radius 1 is 1.04 bits per heavy atom. The minimum Gasteiger partial charge on any atom is -0.481 e. The first-order chi connectivity index (χ1) is 11.6. The van der Waals surface area contributed by atoms with E-state index in [1.165, 1.54) is 12.0 Å². The molecule has 130 valence electrons. The first-order valence-electron chi connectivity index (χ1n) is 8.98. The summed E-state index contributed by atoms with van der Waals surface area (Å²) in [7, 11) is 0. The first kappa shape index (κ1) is 16.8. The third-order valence-electron chi connectivity index (χ3n) is 5.36. The van der Waals surface area contributed by atoms with Gasteiger partial charge in [0.15, 0.2) is 0 Å². The smallest absolute Gasteiger partial charge is 0.317 e. The number of piperidine rings is 1. The number of carbonyl (C=O) groups excluding carboxylic acids is 1. The summed E-state index contributed by atoms with van der Waals surface area (Å²) in [4.78, 5) is 25.5. The average Bonchev–Trinajstić information content (AvgIpc) is 2.63. The predicted molar refractivity (Wildman–Crippen MR) is 91.9 cm³/mol. The van der Waals surface area contributed by atoms with Crippen LogP contribution in [0.15, 0.2) is 30.3 Å². The number of urea groups is 1. The lowest BCUT2D eigenvalue weighted by molar-refractivity contribution is -0.143. The van der Waals surface area contributed by atoms with Crippen LogP contribution in [0.25, 0.3) is 0 Å². The molecule has 3 atom stereocenters. The average molecular weight is 330 g/mol. The molecule has 0 bridgehead atoms. The van der Waals surface area contributed by atoms with Crippen LogP contribution in [-0.2, 0) is 4.79 Å². The summed E-state index contributed by atoms with van der Waals surface area (Å²) >= 11 is 0. The Kier molecular flexibility index (Phi) is 5.38. The molecule has 24 heavy (non-hydrogen) atoms. The standard InChI is InChI=1S/C19H26N2O3/c22-18(23)15-9-6-12-21(13-15)19(24)20-17-11-5-4-10-16(17)14-7-2-1-3-8-14/h1-3,7-8,15-17H,4-6,9-13H2,(H,20,24)(H,22,23). The predicted octanol–water partition coefficient (Wildman–Crippen LogP) is 3.22. The van der Waals surface area contributed by atoms with Gasteiger partial charge in [-0.1, -0.05) is 43.2 Å². The third kappa shape index (κ3) is 3.89. The molecule has 1 heterocycles. The van der Waals surface area contributed by atoms with Gasteiger partial charge >= 0.3 is 12.0 Å². The maximum atomic E-state index is 12.6. The number of likely N-dealkylation sites (tertiary alicyclic amines) is 1. The highest BCUT2D eigenvalue weighted by Gasteiger charge is 2.32. The van der Waals surface area contributed by atoms with E-state index in [1.807, 2.05) is 18.2 Å². The topological polar surface area (TPSA) is 69.6 Å². The van der Waals surface area contributed by atoms with Crippen LogP contribution in [0.5, 0.6) is 0 Å². The number of hydrogen-bond acceptors (Lipinski definition) is 2. The normalized spacial score (nSPS) is 27.5. The van der Waals surface area contributed by atoms with Crippen LogP contribution in [0.4, 0.5) is 4.79 Å². The van der Waals surface area contributed by atoms with Crippen LogP contribution >= 0.6 is 0 Å². The number of aliphatic carboxylic acids is 1. The molecule has 0 spiro atoms. The summed E-state index contributed by atoms with van der Waals surface area (Å²) < 4.78 is 0. The van der Waals surface area contributed by atoms with Crippen molar-refractivity contribution in [2.45, 2.75) is 50.5 Å². The number of benzene rings is 1. The van der Waals surface area contributed by atoms with Gasteiger partial charge in [-0.2, -0.15) is 0 Å². The highest BCUT2D eigenvalue weighted by molar-refractivity contribution is 5.77. The number of carboxylic acid groups (broad SMARTS) is 1. The van der Waals surface area contributed by atoms with Crippen LogP contribution < -0.4 is 5.32 Å². The fourth-order valence-corrected chi connectivity index (χ4v) is 4.02. The van der Waals surface area contributed by atoms with E-state index in [9.17, 15) is 14.7 Å². The molecule has 0 radical (unpaired) electrons. The second kappa shape index (κ2) is 7.69. The van der Waals surface area contributed by atoms with Crippen molar-refractivity contribution in [3.05, 3.63) is 35.9 Å². The van der Waals surface area contributed by atoms with Crippen molar-refractivity contribution < 1.29 is 14.7 Å². The van der Waals surface area contributed by atoms with Crippen LogP contribution in [0.3, 0.4) is 0 Å². The Morgan fingerprint density at radius 2 is 1.79 bits per heavy atom. The van der Waals surface area contributed by atoms with Gasteiger partial charge in [-0.05, 0) is 31.2 Å². The van der Waals surface area contributed by atoms with Crippen molar-refractivity contribution in [1.29, 1.82) is 0 Å². The lowest BCUT2D eigenvalue weighted by atomic mass is 9.80. The second-order valence-electron chi connectivity index (χ2n) is 6.98. The lowest BCUT2D eigenvalue weighted by Gasteiger charge is -2.36. The lowest BCUT2D eigenvalue weighted by Crippen LogP contribution is -2.51. The molecule has 1 saturated heterocycles. The van der Waals surface area contributed by atoms with E-state index in [1.54, 1.807) is 4.90 Å². The Hall–Kier alpha value is -2.04. The van der Waals surface area contributed by atoms with Crippen LogP contribution in [0.1, 0.15) is 50.0 Å². The van der Waals surface area contributed by atoms with E-state index >= 15 is 0 Å². The van der Waals surface area contributed by atoms with Gasteiger partial charge in [0.05, 0.1) is 5.92 Å². The number of carbonyl (C=O) groups is 2. The SMILES string of the molecule is O=C(O)C1CCCN(C(=O)NC2CCCCC2c2ccccc2)C1. The molecule has 0 aromatic heterocycles. The summed E-state index contributed by atoms with van der Waals surface area (Å²) in [6, 6.07) is 10.4.